The van der Waals surface area contributed by atoms with Crippen molar-refractivity contribution in [1.29, 1.82) is 0 Å². The molecule has 0 radical (unpaired) electrons. The number of ether oxygens (including phenoxy) is 1. The molecular weight excluding hydrogens is 306 g/mol. The molecule has 1 aliphatic heterocycles. The van der Waals surface area contributed by atoms with Crippen LogP contribution in [-0.2, 0) is 9.53 Å². The van der Waals surface area contributed by atoms with Crippen LogP contribution < -0.4 is 10.2 Å². The molecule has 132 valence electrons. The number of carbonyl (C=O) groups excluding carboxylic acids is 1. The number of nitrogens with one attached hydrogen (secondary N) is 1. The molecule has 0 saturated carbocycles. The molecule has 0 bridgehead atoms. The van der Waals surface area contributed by atoms with Crippen LogP contribution in [0, 0.1) is 0 Å². The van der Waals surface area contributed by atoms with Crippen LogP contribution in [0.3, 0.4) is 0 Å². The van der Waals surface area contributed by atoms with Crippen molar-refractivity contribution in [3.8, 4) is 0 Å². The summed E-state index contributed by atoms with van der Waals surface area (Å²) in [6.45, 7) is 9.07. The van der Waals surface area contributed by atoms with E-state index >= 15 is 0 Å². The van der Waals surface area contributed by atoms with Crippen LogP contribution in [0.5, 0.6) is 0 Å². The molecule has 1 aromatic rings. The average molecular weight is 333 g/mol. The van der Waals surface area contributed by atoms with Gasteiger partial charge in [-0.3, -0.25) is 9.79 Å². The Hall–Kier alpha value is -2.31. The van der Waals surface area contributed by atoms with Gasteiger partial charge in [0.15, 0.2) is 5.96 Å². The molecule has 1 fully saturated rings. The zero-order chi connectivity index (χ0) is 17.6. The third-order valence-corrected chi connectivity index (χ3v) is 3.58. The third-order valence-electron chi connectivity index (χ3n) is 3.58. The average Bonchev–Trinajstić information content (AvgIpc) is 2.55. The highest BCUT2D eigenvalue weighted by molar-refractivity contribution is 5.84. The summed E-state index contributed by atoms with van der Waals surface area (Å²) in [7, 11) is 1.72. The van der Waals surface area contributed by atoms with Crippen LogP contribution in [0.4, 0.5) is 5.82 Å². The number of aliphatic imine (C=N–C) groups is 1. The molecule has 7 nitrogen and oxygen atoms in total. The minimum atomic E-state index is -0.476. The van der Waals surface area contributed by atoms with E-state index in [-0.39, 0.29) is 12.5 Å². The predicted octanol–water partition coefficient (Wildman–Crippen LogP) is 1.12. The van der Waals surface area contributed by atoms with Gasteiger partial charge in [-0.1, -0.05) is 6.07 Å². The van der Waals surface area contributed by atoms with Crippen LogP contribution >= 0.6 is 0 Å². The smallest absolute Gasteiger partial charge is 0.325 e. The minimum absolute atomic E-state index is 0.115. The lowest BCUT2D eigenvalue weighted by molar-refractivity contribution is -0.153. The summed E-state index contributed by atoms with van der Waals surface area (Å²) >= 11 is 0. The van der Waals surface area contributed by atoms with E-state index in [4.69, 9.17) is 4.74 Å². The van der Waals surface area contributed by atoms with Gasteiger partial charge in [0, 0.05) is 39.4 Å². The summed E-state index contributed by atoms with van der Waals surface area (Å²) in [6.07, 6.45) is 1.81. The Balaban J connectivity index is 1.82. The van der Waals surface area contributed by atoms with Gasteiger partial charge >= 0.3 is 5.97 Å². The van der Waals surface area contributed by atoms with Crippen LogP contribution in [0.1, 0.15) is 20.8 Å². The van der Waals surface area contributed by atoms with Gasteiger partial charge in [-0.05, 0) is 32.9 Å². The van der Waals surface area contributed by atoms with E-state index in [1.807, 2.05) is 45.2 Å². The van der Waals surface area contributed by atoms with E-state index in [1.54, 1.807) is 7.05 Å². The second kappa shape index (κ2) is 7.99. The van der Waals surface area contributed by atoms with Gasteiger partial charge in [0.25, 0.3) is 0 Å². The van der Waals surface area contributed by atoms with E-state index in [9.17, 15) is 4.79 Å². The summed E-state index contributed by atoms with van der Waals surface area (Å²) in [5.41, 5.74) is -0.476. The molecule has 0 spiro atoms. The van der Waals surface area contributed by atoms with E-state index in [2.05, 4.69) is 25.1 Å². The molecule has 1 aromatic heterocycles. The van der Waals surface area contributed by atoms with Crippen molar-refractivity contribution in [3.63, 3.8) is 0 Å². The summed E-state index contributed by atoms with van der Waals surface area (Å²) in [4.78, 5) is 24.9. The third kappa shape index (κ3) is 5.40. The Labute approximate surface area is 143 Å². The van der Waals surface area contributed by atoms with Crippen LogP contribution in [-0.4, -0.2) is 67.2 Å². The number of hydrogen-bond donors (Lipinski definition) is 1. The van der Waals surface area contributed by atoms with E-state index in [1.165, 1.54) is 0 Å². The number of rotatable bonds is 3. The summed E-state index contributed by atoms with van der Waals surface area (Å²) in [6, 6.07) is 5.93. The normalized spacial score (nSPS) is 16.1. The quantitative estimate of drug-likeness (QED) is 0.508. The highest BCUT2D eigenvalue weighted by atomic mass is 16.6. The number of esters is 1. The highest BCUT2D eigenvalue weighted by Crippen LogP contribution is 2.12. The van der Waals surface area contributed by atoms with Gasteiger partial charge in [-0.15, -0.1) is 0 Å². The molecular formula is C17H27N5O2. The van der Waals surface area contributed by atoms with Gasteiger partial charge < -0.3 is 19.9 Å². The van der Waals surface area contributed by atoms with Crippen LogP contribution in [0.15, 0.2) is 29.4 Å². The number of aromatic nitrogens is 1. The van der Waals surface area contributed by atoms with Crippen LogP contribution in [0.2, 0.25) is 0 Å². The number of anilines is 1. The Kier molecular flexibility index (Phi) is 6.00. The fourth-order valence-corrected chi connectivity index (χ4v) is 2.55. The SMILES string of the molecule is CN=C(NCC(=O)OC(C)(C)C)N1CCN(c2ccccn2)CC1. The zero-order valence-electron chi connectivity index (χ0n) is 15.0. The number of piperazine rings is 1. The Morgan fingerprint density at radius 2 is 2.00 bits per heavy atom. The highest BCUT2D eigenvalue weighted by Gasteiger charge is 2.21. The molecule has 0 unspecified atom stereocenters. The molecule has 1 aliphatic rings. The predicted molar refractivity (Wildman–Crippen MR) is 95.2 cm³/mol. The molecule has 24 heavy (non-hydrogen) atoms. The topological polar surface area (TPSA) is 70.1 Å². The first kappa shape index (κ1) is 18.0. The van der Waals surface area contributed by atoms with Crippen molar-refractivity contribution >= 4 is 17.7 Å². The minimum Gasteiger partial charge on any atom is -0.459 e. The fourth-order valence-electron chi connectivity index (χ4n) is 2.55. The molecule has 2 heterocycles. The molecule has 0 aliphatic carbocycles. The molecule has 2 rings (SSSR count). The Morgan fingerprint density at radius 1 is 1.29 bits per heavy atom. The largest absolute Gasteiger partial charge is 0.459 e. The number of nitrogens with zero attached hydrogens (tertiary/aromatic N) is 4. The number of carbonyl (C=O) groups is 1. The molecule has 1 N–H and O–H groups in total. The van der Waals surface area contributed by atoms with E-state index < -0.39 is 5.60 Å². The zero-order valence-corrected chi connectivity index (χ0v) is 15.0. The maximum atomic E-state index is 11.8. The second-order valence-corrected chi connectivity index (χ2v) is 6.65. The maximum absolute atomic E-state index is 11.8. The van der Waals surface area contributed by atoms with Gasteiger partial charge in [0.2, 0.25) is 0 Å². The number of pyridine rings is 1. The lowest BCUT2D eigenvalue weighted by atomic mass is 10.2. The Bertz CT molecular complexity index is 560. The molecule has 0 amide bonds. The molecule has 1 saturated heterocycles. The molecule has 7 heteroatoms. The van der Waals surface area contributed by atoms with Crippen molar-refractivity contribution in [2.75, 3.05) is 44.7 Å². The standard InChI is InChI=1S/C17H27N5O2/c1-17(2,3)24-15(23)13-20-16(18-4)22-11-9-21(10-12-22)14-7-5-6-8-19-14/h5-8H,9-13H2,1-4H3,(H,18,20). The molecule has 0 aromatic carbocycles. The number of hydrogen-bond acceptors (Lipinski definition) is 5. The van der Waals surface area contributed by atoms with Crippen molar-refractivity contribution in [1.82, 2.24) is 15.2 Å². The van der Waals surface area contributed by atoms with Gasteiger partial charge in [-0.25, -0.2) is 4.98 Å². The van der Waals surface area contributed by atoms with E-state index in [0.29, 0.717) is 0 Å². The van der Waals surface area contributed by atoms with Crippen molar-refractivity contribution in [2.45, 2.75) is 26.4 Å². The van der Waals surface area contributed by atoms with Gasteiger partial charge in [0.05, 0.1) is 0 Å². The summed E-state index contributed by atoms with van der Waals surface area (Å²) in [5.74, 6) is 1.44. The molecule has 0 atom stereocenters. The van der Waals surface area contributed by atoms with Gasteiger partial charge in [0.1, 0.15) is 18.0 Å². The lowest BCUT2D eigenvalue weighted by Crippen LogP contribution is -2.53. The fraction of sp³-hybridized carbons (Fsp3) is 0.588. The first-order valence-corrected chi connectivity index (χ1v) is 8.22. The number of guanidine groups is 1. The monoisotopic (exact) mass is 333 g/mol. The maximum Gasteiger partial charge on any atom is 0.325 e. The van der Waals surface area contributed by atoms with Crippen molar-refractivity contribution < 1.29 is 9.53 Å². The second-order valence-electron chi connectivity index (χ2n) is 6.65. The lowest BCUT2D eigenvalue weighted by Gasteiger charge is -2.37. The summed E-state index contributed by atoms with van der Waals surface area (Å²) in [5, 5.41) is 3.08. The van der Waals surface area contributed by atoms with Crippen molar-refractivity contribution in [2.24, 2.45) is 4.99 Å². The first-order valence-electron chi connectivity index (χ1n) is 8.22. The van der Waals surface area contributed by atoms with Gasteiger partial charge in [-0.2, -0.15) is 0 Å². The van der Waals surface area contributed by atoms with Crippen LogP contribution in [0.25, 0.3) is 0 Å². The van der Waals surface area contributed by atoms with E-state index in [0.717, 1.165) is 38.0 Å². The summed E-state index contributed by atoms with van der Waals surface area (Å²) < 4.78 is 5.30. The Morgan fingerprint density at radius 3 is 2.54 bits per heavy atom. The van der Waals surface area contributed by atoms with Crippen molar-refractivity contribution in [3.05, 3.63) is 24.4 Å². The first-order chi connectivity index (χ1) is 11.4.